The third kappa shape index (κ3) is 7.49. The Balaban J connectivity index is 0.915. The quantitative estimate of drug-likeness (QED) is 0.120. The van der Waals surface area contributed by atoms with Crippen LogP contribution < -0.4 is 0 Å². The number of aromatic nitrogens is 4. The summed E-state index contributed by atoms with van der Waals surface area (Å²) in [4.78, 5) is 42.7. The fourth-order valence-electron chi connectivity index (χ4n) is 9.20. The first kappa shape index (κ1) is 37.8. The second kappa shape index (κ2) is 15.7. The highest BCUT2D eigenvalue weighted by Crippen LogP contribution is 2.60. The van der Waals surface area contributed by atoms with Gasteiger partial charge in [0.2, 0.25) is 12.1 Å². The van der Waals surface area contributed by atoms with E-state index < -0.39 is 35.9 Å². The lowest BCUT2D eigenvalue weighted by atomic mass is 9.58. The smallest absolute Gasteiger partial charge is 0.308 e. The lowest BCUT2D eigenvalue weighted by molar-refractivity contribution is -0.576. The first-order chi connectivity index (χ1) is 25.5. The molecule has 2 aromatic heterocycles. The summed E-state index contributed by atoms with van der Waals surface area (Å²) in [5.74, 6) is -1.35. The normalized spacial score (nSPS) is 30.5. The summed E-state index contributed by atoms with van der Waals surface area (Å²) in [7, 11) is 0. The van der Waals surface area contributed by atoms with Gasteiger partial charge in [-0.2, -0.15) is 0 Å². The number of esters is 2. The molecule has 1 aliphatic carbocycles. The van der Waals surface area contributed by atoms with Gasteiger partial charge in [-0.3, -0.25) is 14.6 Å². The standard InChI is InChI=1S/C41H56N4O8/c1-7-9-11-30-31-23-28(14-15-29(31)27(5)42-34(30)12-10-8-2)35-24-45(44-43-35)21-22-48-36(46)17-18-37(47)49-38-26(4)33-16-13-25(3)32-19-20-40(6)51-39(50-38)41(32,33)53-52-40/h14-15,23-26,32-33,38-39H,7-13,16-22H2,1-6H3/t25-,26-,32+,33+,38-,39-,40+,41-/m1/s1. The number of aryl methyl sites for hydroxylation is 3. The van der Waals surface area contributed by atoms with Crippen molar-refractivity contribution in [3.63, 3.8) is 0 Å². The molecule has 1 saturated carbocycles. The number of unbranched alkanes of at least 4 members (excludes halogenated alkanes) is 2. The maximum atomic E-state index is 13.0. The minimum Gasteiger partial charge on any atom is -0.464 e. The molecule has 2 bridgehead atoms. The number of hydrogen-bond donors (Lipinski definition) is 0. The van der Waals surface area contributed by atoms with Gasteiger partial charge in [-0.1, -0.05) is 57.9 Å². The van der Waals surface area contributed by atoms with Gasteiger partial charge in [0.15, 0.2) is 11.9 Å². The number of pyridine rings is 1. The van der Waals surface area contributed by atoms with E-state index in [4.69, 9.17) is 33.7 Å². The molecule has 4 aliphatic heterocycles. The second-order valence-electron chi connectivity index (χ2n) is 15.9. The van der Waals surface area contributed by atoms with E-state index in [-0.39, 0.29) is 37.2 Å². The molecule has 12 heteroatoms. The number of ether oxygens (including phenoxy) is 4. The van der Waals surface area contributed by atoms with E-state index in [0.29, 0.717) is 18.9 Å². The highest BCUT2D eigenvalue weighted by Gasteiger charge is 2.69. The van der Waals surface area contributed by atoms with Gasteiger partial charge >= 0.3 is 11.9 Å². The summed E-state index contributed by atoms with van der Waals surface area (Å²) < 4.78 is 25.7. The topological polar surface area (TPSA) is 133 Å². The maximum absolute atomic E-state index is 13.0. The molecule has 1 aromatic carbocycles. The molecule has 12 nitrogen and oxygen atoms in total. The molecule has 3 aromatic rings. The van der Waals surface area contributed by atoms with E-state index in [1.165, 1.54) is 22.0 Å². The molecule has 0 amide bonds. The number of rotatable bonds is 14. The summed E-state index contributed by atoms with van der Waals surface area (Å²) in [6.07, 6.45) is 10.2. The number of carbonyl (C=O) groups is 2. The molecule has 5 fully saturated rings. The van der Waals surface area contributed by atoms with Crippen molar-refractivity contribution in [1.29, 1.82) is 0 Å². The molecular formula is C41H56N4O8. The van der Waals surface area contributed by atoms with E-state index in [1.807, 2.05) is 20.0 Å². The third-order valence-electron chi connectivity index (χ3n) is 12.2. The second-order valence-corrected chi connectivity index (χ2v) is 15.9. The first-order valence-corrected chi connectivity index (χ1v) is 19.9. The molecule has 1 spiro atoms. The third-order valence-corrected chi connectivity index (χ3v) is 12.2. The average Bonchev–Trinajstić information content (AvgIpc) is 3.50. The largest absolute Gasteiger partial charge is 0.464 e. The van der Waals surface area contributed by atoms with Gasteiger partial charge in [-0.25, -0.2) is 14.5 Å². The predicted octanol–water partition coefficient (Wildman–Crippen LogP) is 7.56. The number of nitrogens with zero attached hydrogens (tertiary/aromatic N) is 4. The maximum Gasteiger partial charge on any atom is 0.308 e. The van der Waals surface area contributed by atoms with Gasteiger partial charge in [0.05, 0.1) is 25.6 Å². The minimum atomic E-state index is -0.909. The molecule has 53 heavy (non-hydrogen) atoms. The minimum absolute atomic E-state index is 0.0413. The number of fused-ring (bicyclic) bond motifs is 3. The Hall–Kier alpha value is -3.45. The summed E-state index contributed by atoms with van der Waals surface area (Å²) >= 11 is 0. The van der Waals surface area contributed by atoms with Gasteiger partial charge in [0.1, 0.15) is 12.3 Å². The zero-order chi connectivity index (χ0) is 37.3. The summed E-state index contributed by atoms with van der Waals surface area (Å²) in [6, 6.07) is 6.43. The predicted molar refractivity (Wildman–Crippen MR) is 196 cm³/mol. The van der Waals surface area contributed by atoms with Crippen molar-refractivity contribution < 1.29 is 38.3 Å². The van der Waals surface area contributed by atoms with Gasteiger partial charge in [0.25, 0.3) is 0 Å². The zero-order valence-corrected chi connectivity index (χ0v) is 32.2. The van der Waals surface area contributed by atoms with Crippen LogP contribution in [0.2, 0.25) is 0 Å². The van der Waals surface area contributed by atoms with Crippen molar-refractivity contribution in [2.45, 2.75) is 149 Å². The Morgan fingerprint density at radius 1 is 0.981 bits per heavy atom. The van der Waals surface area contributed by atoms with Crippen LogP contribution >= 0.6 is 0 Å². The number of benzene rings is 1. The van der Waals surface area contributed by atoms with Crippen molar-refractivity contribution in [2.75, 3.05) is 6.61 Å². The summed E-state index contributed by atoms with van der Waals surface area (Å²) in [5, 5.41) is 11.1. The fraction of sp³-hybridized carbons (Fsp3) is 0.683. The lowest BCUT2D eigenvalue weighted by Crippen LogP contribution is -2.70. The van der Waals surface area contributed by atoms with Gasteiger partial charge in [0, 0.05) is 40.6 Å². The highest BCUT2D eigenvalue weighted by atomic mass is 17.3. The summed E-state index contributed by atoms with van der Waals surface area (Å²) in [6.45, 7) is 13.1. The van der Waals surface area contributed by atoms with Crippen LogP contribution in [-0.4, -0.2) is 62.5 Å². The molecule has 8 rings (SSSR count). The van der Waals surface area contributed by atoms with Gasteiger partial charge in [-0.15, -0.1) is 5.10 Å². The molecule has 0 radical (unpaired) electrons. The van der Waals surface area contributed by atoms with Crippen molar-refractivity contribution in [3.05, 3.63) is 41.3 Å². The molecular weight excluding hydrogens is 676 g/mol. The Kier molecular flexibility index (Phi) is 11.2. The molecule has 6 heterocycles. The summed E-state index contributed by atoms with van der Waals surface area (Å²) in [5.41, 5.74) is 4.62. The van der Waals surface area contributed by atoms with E-state index in [2.05, 4.69) is 56.2 Å². The Morgan fingerprint density at radius 2 is 1.77 bits per heavy atom. The van der Waals surface area contributed by atoms with E-state index in [1.54, 1.807) is 4.68 Å². The average molecular weight is 733 g/mol. The van der Waals surface area contributed by atoms with Crippen LogP contribution in [0.4, 0.5) is 0 Å². The Bertz CT molecular complexity index is 1800. The molecule has 5 aliphatic rings. The molecule has 4 saturated heterocycles. The molecule has 0 N–H and O–H groups in total. The lowest BCUT2D eigenvalue weighted by Gasteiger charge is -2.59. The van der Waals surface area contributed by atoms with E-state index in [0.717, 1.165) is 74.7 Å². The Morgan fingerprint density at radius 3 is 2.58 bits per heavy atom. The van der Waals surface area contributed by atoms with Crippen molar-refractivity contribution >= 4 is 22.7 Å². The van der Waals surface area contributed by atoms with Crippen molar-refractivity contribution in [1.82, 2.24) is 20.0 Å². The van der Waals surface area contributed by atoms with Crippen molar-refractivity contribution in [3.8, 4) is 11.3 Å². The van der Waals surface area contributed by atoms with Crippen LogP contribution in [-0.2, 0) is 57.7 Å². The van der Waals surface area contributed by atoms with Gasteiger partial charge < -0.3 is 18.9 Å². The first-order valence-electron chi connectivity index (χ1n) is 19.9. The monoisotopic (exact) mass is 732 g/mol. The van der Waals surface area contributed by atoms with Crippen LogP contribution in [0.3, 0.4) is 0 Å². The van der Waals surface area contributed by atoms with E-state index >= 15 is 0 Å². The number of hydrogen-bond acceptors (Lipinski definition) is 11. The number of carbonyl (C=O) groups excluding carboxylic acids is 2. The fourth-order valence-corrected chi connectivity index (χ4v) is 9.20. The van der Waals surface area contributed by atoms with Crippen LogP contribution in [0.5, 0.6) is 0 Å². The zero-order valence-electron chi connectivity index (χ0n) is 32.2. The van der Waals surface area contributed by atoms with Crippen LogP contribution in [0, 0.1) is 30.6 Å². The van der Waals surface area contributed by atoms with Crippen LogP contribution in [0.15, 0.2) is 24.4 Å². The van der Waals surface area contributed by atoms with Crippen molar-refractivity contribution in [2.24, 2.45) is 23.7 Å². The van der Waals surface area contributed by atoms with Crippen LogP contribution in [0.1, 0.15) is 116 Å². The molecule has 0 unspecified atom stereocenters. The molecule has 288 valence electrons. The molecule has 8 atom stereocenters. The van der Waals surface area contributed by atoms with Gasteiger partial charge in [-0.05, 0) is 87.6 Å². The SMILES string of the molecule is CCCCc1nc(C)c2ccc(-c3cn(CCOC(=O)CCC(=O)O[C@@H]4O[C@@H]5O[C@]6(C)CC[C@H]7[C@H](C)CC[C@@H]([C@H]4C)[C@@]57OO6)nn3)cc2c1CCCC. The highest BCUT2D eigenvalue weighted by molar-refractivity contribution is 5.91. The van der Waals surface area contributed by atoms with Crippen LogP contribution in [0.25, 0.3) is 22.0 Å². The Labute approximate surface area is 312 Å². The van der Waals surface area contributed by atoms with E-state index in [9.17, 15) is 9.59 Å².